The maximum Gasteiger partial charge on any atom is 0.229 e. The molecule has 3 aromatic rings. The molecular weight excluding hydrogens is 397 g/mol. The van der Waals surface area contributed by atoms with Crippen molar-refractivity contribution < 1.29 is 13.9 Å². The SMILES string of the molecule is COCCOc1ccc(Nc2ncc(F)c(Nc3ccc(N(C)C(C)C)cc3)n2)cc1. The van der Waals surface area contributed by atoms with E-state index in [0.29, 0.717) is 19.3 Å². The Bertz CT molecular complexity index is 965. The maximum atomic E-state index is 14.3. The first-order chi connectivity index (χ1) is 15.0. The average Bonchev–Trinajstić information content (AvgIpc) is 2.77. The van der Waals surface area contributed by atoms with E-state index in [9.17, 15) is 4.39 Å². The molecule has 1 heterocycles. The Morgan fingerprint density at radius 1 is 0.968 bits per heavy atom. The Morgan fingerprint density at radius 3 is 2.26 bits per heavy atom. The molecule has 0 amide bonds. The molecule has 8 heteroatoms. The molecule has 0 aliphatic heterocycles. The van der Waals surface area contributed by atoms with Gasteiger partial charge in [-0.2, -0.15) is 4.98 Å². The minimum Gasteiger partial charge on any atom is -0.491 e. The van der Waals surface area contributed by atoms with Gasteiger partial charge in [0.25, 0.3) is 0 Å². The molecule has 0 bridgehead atoms. The quantitative estimate of drug-likeness (QED) is 0.444. The van der Waals surface area contributed by atoms with Crippen molar-refractivity contribution in [3.63, 3.8) is 0 Å². The summed E-state index contributed by atoms with van der Waals surface area (Å²) in [7, 11) is 3.66. The van der Waals surface area contributed by atoms with Crippen LogP contribution >= 0.6 is 0 Å². The van der Waals surface area contributed by atoms with Crippen molar-refractivity contribution in [2.75, 3.05) is 42.9 Å². The molecule has 0 unspecified atom stereocenters. The average molecular weight is 426 g/mol. The van der Waals surface area contributed by atoms with Gasteiger partial charge >= 0.3 is 0 Å². The lowest BCUT2D eigenvalue weighted by molar-refractivity contribution is 0.146. The fourth-order valence-corrected chi connectivity index (χ4v) is 2.74. The van der Waals surface area contributed by atoms with Gasteiger partial charge in [0, 0.05) is 37.3 Å². The first kappa shape index (κ1) is 22.3. The molecule has 0 saturated carbocycles. The Morgan fingerprint density at radius 2 is 1.61 bits per heavy atom. The molecule has 2 N–H and O–H groups in total. The number of nitrogens with zero attached hydrogens (tertiary/aromatic N) is 3. The van der Waals surface area contributed by atoms with Gasteiger partial charge in [-0.05, 0) is 62.4 Å². The number of halogens is 1. The van der Waals surface area contributed by atoms with E-state index in [0.717, 1.165) is 29.0 Å². The minimum atomic E-state index is -0.532. The molecule has 2 aromatic carbocycles. The van der Waals surface area contributed by atoms with Crippen LogP contribution in [0, 0.1) is 5.82 Å². The van der Waals surface area contributed by atoms with Crippen molar-refractivity contribution in [1.29, 1.82) is 0 Å². The first-order valence-electron chi connectivity index (χ1n) is 10.1. The van der Waals surface area contributed by atoms with Gasteiger partial charge in [-0.1, -0.05) is 0 Å². The second kappa shape index (κ2) is 10.6. The van der Waals surface area contributed by atoms with Crippen LogP contribution in [0.5, 0.6) is 5.75 Å². The number of benzene rings is 2. The number of hydrogen-bond acceptors (Lipinski definition) is 7. The van der Waals surface area contributed by atoms with Crippen LogP contribution in [0.1, 0.15) is 13.8 Å². The van der Waals surface area contributed by atoms with Crippen molar-refractivity contribution in [2.24, 2.45) is 0 Å². The third-order valence-electron chi connectivity index (χ3n) is 4.72. The lowest BCUT2D eigenvalue weighted by atomic mass is 10.2. The molecule has 0 fully saturated rings. The second-order valence-electron chi connectivity index (χ2n) is 7.26. The fraction of sp³-hybridized carbons (Fsp3) is 0.304. The zero-order valence-electron chi connectivity index (χ0n) is 18.2. The molecule has 0 saturated heterocycles. The van der Waals surface area contributed by atoms with E-state index in [-0.39, 0.29) is 11.8 Å². The molecule has 7 nitrogen and oxygen atoms in total. The van der Waals surface area contributed by atoms with Crippen LogP contribution in [0.15, 0.2) is 54.7 Å². The Labute approximate surface area is 182 Å². The highest BCUT2D eigenvalue weighted by Crippen LogP contribution is 2.24. The number of rotatable bonds is 10. The van der Waals surface area contributed by atoms with Crippen molar-refractivity contribution >= 4 is 28.8 Å². The normalized spacial score (nSPS) is 10.8. The van der Waals surface area contributed by atoms with Gasteiger partial charge in [-0.25, -0.2) is 9.37 Å². The molecule has 0 aliphatic carbocycles. The number of ether oxygens (including phenoxy) is 2. The monoisotopic (exact) mass is 425 g/mol. The number of methoxy groups -OCH3 is 1. The van der Waals surface area contributed by atoms with E-state index >= 15 is 0 Å². The van der Waals surface area contributed by atoms with Crippen LogP contribution in [0.4, 0.5) is 33.2 Å². The zero-order chi connectivity index (χ0) is 22.2. The standard InChI is InChI=1S/C23H28FN5O2/c1-16(2)29(3)19-9-5-17(6-10-19)26-22-21(24)15-25-23(28-22)27-18-7-11-20(12-8-18)31-14-13-30-4/h5-12,15-16H,13-14H2,1-4H3,(H2,25,26,27,28). The van der Waals surface area contributed by atoms with E-state index in [1.165, 1.54) is 0 Å². The number of hydrogen-bond donors (Lipinski definition) is 2. The Kier molecular flexibility index (Phi) is 7.61. The first-order valence-corrected chi connectivity index (χ1v) is 10.1. The zero-order valence-corrected chi connectivity index (χ0v) is 18.2. The van der Waals surface area contributed by atoms with Gasteiger partial charge in [0.05, 0.1) is 12.8 Å². The molecule has 0 aliphatic rings. The van der Waals surface area contributed by atoms with E-state index in [1.807, 2.05) is 55.6 Å². The summed E-state index contributed by atoms with van der Waals surface area (Å²) in [6.45, 7) is 5.25. The summed E-state index contributed by atoms with van der Waals surface area (Å²) in [5.41, 5.74) is 2.58. The summed E-state index contributed by atoms with van der Waals surface area (Å²) in [6, 6.07) is 15.5. The third-order valence-corrected chi connectivity index (χ3v) is 4.72. The maximum absolute atomic E-state index is 14.3. The summed E-state index contributed by atoms with van der Waals surface area (Å²) in [4.78, 5) is 10.4. The highest BCUT2D eigenvalue weighted by molar-refractivity contribution is 5.63. The van der Waals surface area contributed by atoms with Crippen molar-refractivity contribution in [1.82, 2.24) is 9.97 Å². The van der Waals surface area contributed by atoms with Crippen LogP contribution in [0.2, 0.25) is 0 Å². The van der Waals surface area contributed by atoms with E-state index in [2.05, 4.69) is 39.3 Å². The van der Waals surface area contributed by atoms with Crippen molar-refractivity contribution in [3.8, 4) is 5.75 Å². The van der Waals surface area contributed by atoms with Crippen LogP contribution in [-0.2, 0) is 4.74 Å². The highest BCUT2D eigenvalue weighted by atomic mass is 19.1. The Hall–Kier alpha value is -3.39. The van der Waals surface area contributed by atoms with E-state index in [4.69, 9.17) is 9.47 Å². The van der Waals surface area contributed by atoms with Gasteiger partial charge in [0.15, 0.2) is 11.6 Å². The molecule has 1 aromatic heterocycles. The Balaban J connectivity index is 1.66. The van der Waals surface area contributed by atoms with Crippen LogP contribution in [0.25, 0.3) is 0 Å². The minimum absolute atomic E-state index is 0.0991. The summed E-state index contributed by atoms with van der Waals surface area (Å²) in [5, 5.41) is 6.09. The lowest BCUT2D eigenvalue weighted by Gasteiger charge is -2.24. The molecule has 0 radical (unpaired) electrons. The fourth-order valence-electron chi connectivity index (χ4n) is 2.74. The van der Waals surface area contributed by atoms with E-state index < -0.39 is 5.82 Å². The number of nitrogens with one attached hydrogen (secondary N) is 2. The summed E-state index contributed by atoms with van der Waals surface area (Å²) in [5.74, 6) is 0.586. The molecule has 3 rings (SSSR count). The van der Waals surface area contributed by atoms with Gasteiger partial charge in [-0.15, -0.1) is 0 Å². The molecular formula is C23H28FN5O2. The molecule has 31 heavy (non-hydrogen) atoms. The van der Waals surface area contributed by atoms with Gasteiger partial charge < -0.3 is 25.0 Å². The highest BCUT2D eigenvalue weighted by Gasteiger charge is 2.09. The smallest absolute Gasteiger partial charge is 0.229 e. The number of anilines is 5. The predicted molar refractivity (Wildman–Crippen MR) is 122 cm³/mol. The summed E-state index contributed by atoms with van der Waals surface area (Å²) < 4.78 is 24.8. The topological polar surface area (TPSA) is 71.5 Å². The lowest BCUT2D eigenvalue weighted by Crippen LogP contribution is -2.25. The summed E-state index contributed by atoms with van der Waals surface area (Å²) in [6.07, 6.45) is 1.14. The molecule has 164 valence electrons. The summed E-state index contributed by atoms with van der Waals surface area (Å²) >= 11 is 0. The third kappa shape index (κ3) is 6.29. The van der Waals surface area contributed by atoms with Crippen LogP contribution in [-0.4, -0.2) is 43.4 Å². The molecule has 0 atom stereocenters. The predicted octanol–water partition coefficient (Wildman–Crippen LogP) is 4.97. The van der Waals surface area contributed by atoms with Crippen LogP contribution in [0.3, 0.4) is 0 Å². The number of aromatic nitrogens is 2. The second-order valence-corrected chi connectivity index (χ2v) is 7.26. The van der Waals surface area contributed by atoms with Crippen molar-refractivity contribution in [3.05, 3.63) is 60.5 Å². The molecule has 0 spiro atoms. The van der Waals surface area contributed by atoms with Gasteiger partial charge in [-0.3, -0.25) is 0 Å². The van der Waals surface area contributed by atoms with Crippen LogP contribution < -0.4 is 20.3 Å². The van der Waals surface area contributed by atoms with E-state index in [1.54, 1.807) is 7.11 Å². The largest absolute Gasteiger partial charge is 0.491 e. The van der Waals surface area contributed by atoms with Gasteiger partial charge in [0.1, 0.15) is 12.4 Å². The van der Waals surface area contributed by atoms with Crippen molar-refractivity contribution in [2.45, 2.75) is 19.9 Å². The van der Waals surface area contributed by atoms with Gasteiger partial charge in [0.2, 0.25) is 5.95 Å².